The highest BCUT2D eigenvalue weighted by Crippen LogP contribution is 2.20. The van der Waals surface area contributed by atoms with Gasteiger partial charge in [-0.05, 0) is 19.1 Å². The fraction of sp³-hybridized carbons (Fsp3) is 0.312. The van der Waals surface area contributed by atoms with Gasteiger partial charge in [-0.25, -0.2) is 13.8 Å². The maximum atomic E-state index is 12.7. The van der Waals surface area contributed by atoms with Gasteiger partial charge in [0.25, 0.3) is 12.3 Å². The van der Waals surface area contributed by atoms with E-state index in [2.05, 4.69) is 25.5 Å². The van der Waals surface area contributed by atoms with E-state index in [4.69, 9.17) is 9.26 Å². The molecule has 3 aromatic rings. The number of halogens is 2. The van der Waals surface area contributed by atoms with E-state index >= 15 is 0 Å². The van der Waals surface area contributed by atoms with E-state index in [9.17, 15) is 13.6 Å². The Bertz CT molecular complexity index is 940. The van der Waals surface area contributed by atoms with Crippen LogP contribution in [0.4, 0.5) is 8.78 Å². The zero-order valence-corrected chi connectivity index (χ0v) is 14.5. The van der Waals surface area contributed by atoms with Gasteiger partial charge in [-0.15, -0.1) is 0 Å². The Kier molecular flexibility index (Phi) is 5.38. The zero-order chi connectivity index (χ0) is 19.4. The summed E-state index contributed by atoms with van der Waals surface area (Å²) in [6.07, 6.45) is -1.19. The quantitative estimate of drug-likeness (QED) is 0.671. The molecule has 1 N–H and O–H groups in total. The largest absolute Gasteiger partial charge is 0.478 e. The second-order valence-corrected chi connectivity index (χ2v) is 5.39. The van der Waals surface area contributed by atoms with Crippen LogP contribution in [-0.2, 0) is 13.6 Å². The average Bonchev–Trinajstić information content (AvgIpc) is 3.27. The van der Waals surface area contributed by atoms with Crippen molar-refractivity contribution in [3.05, 3.63) is 41.7 Å². The number of nitrogens with one attached hydrogen (secondary N) is 1. The van der Waals surface area contributed by atoms with Crippen LogP contribution in [0, 0.1) is 0 Å². The van der Waals surface area contributed by atoms with Crippen molar-refractivity contribution in [3.8, 4) is 17.3 Å². The number of carbonyl (C=O) groups excluding carboxylic acids is 1. The average molecular weight is 378 g/mol. The summed E-state index contributed by atoms with van der Waals surface area (Å²) in [5, 5.41) is 9.96. The molecule has 3 aromatic heterocycles. The van der Waals surface area contributed by atoms with Gasteiger partial charge in [0.05, 0.1) is 13.2 Å². The van der Waals surface area contributed by atoms with E-state index < -0.39 is 18.0 Å². The molecule has 0 aromatic carbocycles. The van der Waals surface area contributed by atoms with Crippen LogP contribution in [0.1, 0.15) is 35.4 Å². The Balaban J connectivity index is 1.66. The monoisotopic (exact) mass is 378 g/mol. The molecule has 0 aliphatic carbocycles. The third kappa shape index (κ3) is 4.25. The molecule has 11 heteroatoms. The number of carbonyl (C=O) groups is 1. The Hall–Kier alpha value is -3.37. The van der Waals surface area contributed by atoms with E-state index in [-0.39, 0.29) is 18.1 Å². The summed E-state index contributed by atoms with van der Waals surface area (Å²) in [5.74, 6) is 0.312. The van der Waals surface area contributed by atoms with Crippen LogP contribution in [0.2, 0.25) is 0 Å². The van der Waals surface area contributed by atoms with Crippen LogP contribution in [0.25, 0.3) is 11.4 Å². The summed E-state index contributed by atoms with van der Waals surface area (Å²) in [6, 6.07) is 4.39. The van der Waals surface area contributed by atoms with E-state index in [0.29, 0.717) is 23.9 Å². The number of ether oxygens (including phenoxy) is 1. The molecule has 0 unspecified atom stereocenters. The normalized spacial score (nSPS) is 11.0. The summed E-state index contributed by atoms with van der Waals surface area (Å²) < 4.78 is 36.8. The summed E-state index contributed by atoms with van der Waals surface area (Å²) >= 11 is 0. The van der Waals surface area contributed by atoms with Crippen molar-refractivity contribution in [1.82, 2.24) is 30.2 Å². The number of hydrogen-bond donors (Lipinski definition) is 1. The molecule has 0 spiro atoms. The first-order valence-corrected chi connectivity index (χ1v) is 8.00. The lowest BCUT2D eigenvalue weighted by molar-refractivity contribution is 0.0937. The van der Waals surface area contributed by atoms with Crippen LogP contribution >= 0.6 is 0 Å². The highest BCUT2D eigenvalue weighted by atomic mass is 19.3. The molecule has 0 aliphatic heterocycles. The fourth-order valence-electron chi connectivity index (χ4n) is 2.27. The lowest BCUT2D eigenvalue weighted by atomic mass is 10.2. The van der Waals surface area contributed by atoms with Crippen LogP contribution in [0.15, 0.2) is 28.9 Å². The van der Waals surface area contributed by atoms with Crippen LogP contribution in [-0.4, -0.2) is 37.4 Å². The van der Waals surface area contributed by atoms with Crippen molar-refractivity contribution in [2.75, 3.05) is 6.61 Å². The van der Waals surface area contributed by atoms with E-state index in [0.717, 1.165) is 10.7 Å². The van der Waals surface area contributed by atoms with Crippen LogP contribution < -0.4 is 10.1 Å². The van der Waals surface area contributed by atoms with E-state index in [1.807, 2.05) is 6.92 Å². The maximum absolute atomic E-state index is 12.7. The second-order valence-electron chi connectivity index (χ2n) is 5.39. The summed E-state index contributed by atoms with van der Waals surface area (Å²) in [5.41, 5.74) is 0.175. The van der Waals surface area contributed by atoms with Crippen LogP contribution in [0.3, 0.4) is 0 Å². The Morgan fingerprint density at radius 2 is 2.22 bits per heavy atom. The zero-order valence-electron chi connectivity index (χ0n) is 14.5. The molecule has 0 fully saturated rings. The molecular weight excluding hydrogens is 362 g/mol. The minimum atomic E-state index is -2.75. The van der Waals surface area contributed by atoms with Gasteiger partial charge in [0.15, 0.2) is 0 Å². The lowest BCUT2D eigenvalue weighted by Gasteiger charge is -2.02. The van der Waals surface area contributed by atoms with Crippen molar-refractivity contribution >= 4 is 5.91 Å². The number of aromatic nitrogens is 5. The lowest BCUT2D eigenvalue weighted by Crippen LogP contribution is -2.25. The molecule has 0 saturated heterocycles. The number of pyridine rings is 1. The molecule has 142 valence electrons. The topological polar surface area (TPSA) is 108 Å². The Morgan fingerprint density at radius 1 is 1.41 bits per heavy atom. The fourth-order valence-corrected chi connectivity index (χ4v) is 2.27. The molecule has 9 nitrogen and oxygen atoms in total. The molecule has 0 saturated carbocycles. The SMILES string of the molecule is CCOc1cc(-c2noc(CNC(=O)c3cc(C(F)F)nn3C)n2)ccn1. The van der Waals surface area contributed by atoms with Gasteiger partial charge in [-0.3, -0.25) is 9.48 Å². The number of rotatable bonds is 7. The number of alkyl halides is 2. The van der Waals surface area contributed by atoms with Gasteiger partial charge >= 0.3 is 0 Å². The number of amides is 1. The molecule has 3 heterocycles. The molecule has 3 rings (SSSR count). The van der Waals surface area contributed by atoms with Gasteiger partial charge in [0, 0.05) is 24.9 Å². The van der Waals surface area contributed by atoms with Crippen molar-refractivity contribution < 1.29 is 22.8 Å². The highest BCUT2D eigenvalue weighted by molar-refractivity contribution is 5.92. The highest BCUT2D eigenvalue weighted by Gasteiger charge is 2.19. The Labute approximate surface area is 152 Å². The first-order chi connectivity index (χ1) is 13.0. The molecular formula is C16H16F2N6O3. The van der Waals surface area contributed by atoms with E-state index in [1.54, 1.807) is 18.3 Å². The smallest absolute Gasteiger partial charge is 0.282 e. The van der Waals surface area contributed by atoms with Gasteiger partial charge in [0.1, 0.15) is 11.4 Å². The predicted molar refractivity (Wildman–Crippen MR) is 88.0 cm³/mol. The Morgan fingerprint density at radius 3 is 2.93 bits per heavy atom. The summed E-state index contributed by atoms with van der Waals surface area (Å²) in [6.45, 7) is 2.25. The molecule has 0 bridgehead atoms. The van der Waals surface area contributed by atoms with Crippen molar-refractivity contribution in [3.63, 3.8) is 0 Å². The van der Waals surface area contributed by atoms with Gasteiger partial charge in [0.2, 0.25) is 17.6 Å². The summed E-state index contributed by atoms with van der Waals surface area (Å²) in [4.78, 5) is 20.4. The number of hydrogen-bond acceptors (Lipinski definition) is 7. The summed E-state index contributed by atoms with van der Waals surface area (Å²) in [7, 11) is 1.41. The van der Waals surface area contributed by atoms with Crippen LogP contribution in [0.5, 0.6) is 5.88 Å². The third-order valence-electron chi connectivity index (χ3n) is 3.51. The molecule has 1 amide bonds. The molecule has 27 heavy (non-hydrogen) atoms. The standard InChI is InChI=1S/C16H16F2N6O3/c1-3-26-12-6-9(4-5-19-12)15-21-13(27-23-15)8-20-16(25)11-7-10(14(17)18)22-24(11)2/h4-7,14H,3,8H2,1-2H3,(H,20,25). The van der Waals surface area contributed by atoms with Crippen molar-refractivity contribution in [2.24, 2.45) is 7.05 Å². The molecule has 0 aliphatic rings. The van der Waals surface area contributed by atoms with Gasteiger partial charge < -0.3 is 14.6 Å². The number of aryl methyl sites for hydroxylation is 1. The third-order valence-corrected chi connectivity index (χ3v) is 3.51. The molecule has 0 radical (unpaired) electrons. The minimum absolute atomic E-state index is 0.000490. The van der Waals surface area contributed by atoms with E-state index in [1.165, 1.54) is 7.05 Å². The first-order valence-electron chi connectivity index (χ1n) is 8.00. The number of nitrogens with zero attached hydrogens (tertiary/aromatic N) is 5. The van der Waals surface area contributed by atoms with Gasteiger partial charge in [-0.1, -0.05) is 5.16 Å². The van der Waals surface area contributed by atoms with Gasteiger partial charge in [-0.2, -0.15) is 10.1 Å². The predicted octanol–water partition coefficient (Wildman–Crippen LogP) is 2.13. The second kappa shape index (κ2) is 7.89. The van der Waals surface area contributed by atoms with Crippen molar-refractivity contribution in [1.29, 1.82) is 0 Å². The molecule has 0 atom stereocenters. The minimum Gasteiger partial charge on any atom is -0.478 e. The first kappa shape index (κ1) is 18.4. The van der Waals surface area contributed by atoms with Crippen molar-refractivity contribution in [2.45, 2.75) is 19.9 Å². The maximum Gasteiger partial charge on any atom is 0.282 e.